The number of rotatable bonds is 1. The molecule has 0 saturated carbocycles. The first-order chi connectivity index (χ1) is 6.31. The second-order valence-electron chi connectivity index (χ2n) is 3.54. The maximum absolute atomic E-state index is 8.76. The molecular weight excluding hydrogens is 160 g/mol. The fourth-order valence-electron chi connectivity index (χ4n) is 1.59. The van der Waals surface area contributed by atoms with E-state index < -0.39 is 0 Å². The standard InChI is InChI=1S/C11H12N2/c1-8-4-9(11-6-13-7-11)2-3-10(8)5-12/h2-4,11,13H,6-7H2,1H3. The van der Waals surface area contributed by atoms with E-state index in [2.05, 4.69) is 23.5 Å². The maximum Gasteiger partial charge on any atom is 0.0994 e. The minimum Gasteiger partial charge on any atom is -0.315 e. The van der Waals surface area contributed by atoms with E-state index in [0.717, 1.165) is 24.2 Å². The van der Waals surface area contributed by atoms with E-state index in [1.807, 2.05) is 13.0 Å². The van der Waals surface area contributed by atoms with Crippen molar-refractivity contribution >= 4 is 0 Å². The first-order valence-corrected chi connectivity index (χ1v) is 4.52. The second kappa shape index (κ2) is 3.20. The van der Waals surface area contributed by atoms with Gasteiger partial charge in [0.1, 0.15) is 0 Å². The molecule has 13 heavy (non-hydrogen) atoms. The van der Waals surface area contributed by atoms with Crippen molar-refractivity contribution in [3.05, 3.63) is 34.9 Å². The monoisotopic (exact) mass is 172 g/mol. The number of hydrogen-bond donors (Lipinski definition) is 1. The van der Waals surface area contributed by atoms with Gasteiger partial charge in [0, 0.05) is 19.0 Å². The third kappa shape index (κ3) is 1.43. The van der Waals surface area contributed by atoms with Crippen molar-refractivity contribution in [1.29, 1.82) is 5.26 Å². The third-order valence-electron chi connectivity index (χ3n) is 2.62. The summed E-state index contributed by atoms with van der Waals surface area (Å²) in [6.45, 7) is 4.14. The minimum atomic E-state index is 0.659. The molecule has 2 nitrogen and oxygen atoms in total. The van der Waals surface area contributed by atoms with Gasteiger partial charge in [0.2, 0.25) is 0 Å². The molecular formula is C11H12N2. The summed E-state index contributed by atoms with van der Waals surface area (Å²) in [4.78, 5) is 0. The van der Waals surface area contributed by atoms with Crippen molar-refractivity contribution in [1.82, 2.24) is 5.32 Å². The maximum atomic E-state index is 8.76. The Kier molecular flexibility index (Phi) is 2.03. The number of aryl methyl sites for hydroxylation is 1. The lowest BCUT2D eigenvalue weighted by atomic mass is 9.91. The molecule has 66 valence electrons. The van der Waals surface area contributed by atoms with E-state index in [1.165, 1.54) is 5.56 Å². The fraction of sp³-hybridized carbons (Fsp3) is 0.364. The molecule has 0 radical (unpaired) electrons. The van der Waals surface area contributed by atoms with E-state index in [-0.39, 0.29) is 0 Å². The van der Waals surface area contributed by atoms with Crippen LogP contribution in [0.1, 0.15) is 22.6 Å². The number of nitrogens with zero attached hydrogens (tertiary/aromatic N) is 1. The van der Waals surface area contributed by atoms with Crippen LogP contribution in [0.2, 0.25) is 0 Å². The molecule has 0 aliphatic carbocycles. The molecule has 1 aromatic rings. The highest BCUT2D eigenvalue weighted by Crippen LogP contribution is 2.21. The van der Waals surface area contributed by atoms with Crippen LogP contribution >= 0.6 is 0 Å². The van der Waals surface area contributed by atoms with E-state index in [4.69, 9.17) is 5.26 Å². The van der Waals surface area contributed by atoms with Gasteiger partial charge in [-0.25, -0.2) is 0 Å². The molecule has 1 N–H and O–H groups in total. The topological polar surface area (TPSA) is 35.8 Å². The highest BCUT2D eigenvalue weighted by atomic mass is 14.9. The van der Waals surface area contributed by atoms with Crippen LogP contribution in [0, 0.1) is 18.3 Å². The van der Waals surface area contributed by atoms with Crippen LogP contribution < -0.4 is 5.32 Å². The molecule has 1 aromatic carbocycles. The van der Waals surface area contributed by atoms with Crippen molar-refractivity contribution in [3.63, 3.8) is 0 Å². The minimum absolute atomic E-state index is 0.659. The van der Waals surface area contributed by atoms with Gasteiger partial charge in [-0.1, -0.05) is 12.1 Å². The molecule has 0 spiro atoms. The third-order valence-corrected chi connectivity index (χ3v) is 2.62. The SMILES string of the molecule is Cc1cc(C2CNC2)ccc1C#N. The van der Waals surface area contributed by atoms with Crippen molar-refractivity contribution < 1.29 is 0 Å². The average molecular weight is 172 g/mol. The highest BCUT2D eigenvalue weighted by Gasteiger charge is 2.18. The molecule has 2 heteroatoms. The summed E-state index contributed by atoms with van der Waals surface area (Å²) in [6, 6.07) is 8.30. The molecule has 1 fully saturated rings. The Morgan fingerprint density at radius 1 is 1.46 bits per heavy atom. The van der Waals surface area contributed by atoms with Crippen molar-refractivity contribution in [2.24, 2.45) is 0 Å². The van der Waals surface area contributed by atoms with Crippen LogP contribution in [0.3, 0.4) is 0 Å². The van der Waals surface area contributed by atoms with Crippen molar-refractivity contribution in [2.45, 2.75) is 12.8 Å². The summed E-state index contributed by atoms with van der Waals surface area (Å²) in [5.41, 5.74) is 3.23. The molecule has 1 aliphatic rings. The molecule has 1 saturated heterocycles. The molecule has 0 amide bonds. The Morgan fingerprint density at radius 2 is 2.23 bits per heavy atom. The second-order valence-corrected chi connectivity index (χ2v) is 3.54. The Bertz CT molecular complexity index is 359. The van der Waals surface area contributed by atoms with Crippen LogP contribution in [-0.2, 0) is 0 Å². The fourth-order valence-corrected chi connectivity index (χ4v) is 1.59. The van der Waals surface area contributed by atoms with E-state index in [1.54, 1.807) is 0 Å². The van der Waals surface area contributed by atoms with Gasteiger partial charge < -0.3 is 5.32 Å². The van der Waals surface area contributed by atoms with E-state index in [0.29, 0.717) is 5.92 Å². The highest BCUT2D eigenvalue weighted by molar-refractivity contribution is 5.41. The van der Waals surface area contributed by atoms with Gasteiger partial charge in [-0.2, -0.15) is 5.26 Å². The first-order valence-electron chi connectivity index (χ1n) is 4.52. The lowest BCUT2D eigenvalue weighted by molar-refractivity contribution is 0.448. The summed E-state index contributed by atoms with van der Waals surface area (Å²) in [6.07, 6.45) is 0. The van der Waals surface area contributed by atoms with E-state index >= 15 is 0 Å². The number of hydrogen-bond acceptors (Lipinski definition) is 2. The van der Waals surface area contributed by atoms with Gasteiger partial charge in [0.05, 0.1) is 11.6 Å². The van der Waals surface area contributed by atoms with Crippen molar-refractivity contribution in [3.8, 4) is 6.07 Å². The first kappa shape index (κ1) is 8.28. The van der Waals surface area contributed by atoms with Gasteiger partial charge in [-0.15, -0.1) is 0 Å². The summed E-state index contributed by atoms with van der Waals surface area (Å²) in [7, 11) is 0. The zero-order chi connectivity index (χ0) is 9.26. The lowest BCUT2D eigenvalue weighted by Gasteiger charge is -2.27. The van der Waals surface area contributed by atoms with E-state index in [9.17, 15) is 0 Å². The molecule has 1 aliphatic heterocycles. The average Bonchev–Trinajstić information content (AvgIpc) is 2.01. The Labute approximate surface area is 78.2 Å². The van der Waals surface area contributed by atoms with Crippen LogP contribution in [0.25, 0.3) is 0 Å². The quantitative estimate of drug-likeness (QED) is 0.697. The number of benzene rings is 1. The predicted molar refractivity (Wildman–Crippen MR) is 51.5 cm³/mol. The summed E-state index contributed by atoms with van der Waals surface area (Å²) < 4.78 is 0. The van der Waals surface area contributed by atoms with Crippen LogP contribution in [0.4, 0.5) is 0 Å². The number of nitriles is 1. The van der Waals surface area contributed by atoms with Gasteiger partial charge in [-0.05, 0) is 24.1 Å². The molecule has 0 bridgehead atoms. The molecule has 2 rings (SSSR count). The predicted octanol–water partition coefficient (Wildman–Crippen LogP) is 1.55. The summed E-state index contributed by atoms with van der Waals surface area (Å²) in [5, 5.41) is 12.0. The van der Waals surface area contributed by atoms with Crippen molar-refractivity contribution in [2.75, 3.05) is 13.1 Å². The van der Waals surface area contributed by atoms with Gasteiger partial charge in [0.15, 0.2) is 0 Å². The van der Waals surface area contributed by atoms with Gasteiger partial charge >= 0.3 is 0 Å². The zero-order valence-corrected chi connectivity index (χ0v) is 7.67. The largest absolute Gasteiger partial charge is 0.315 e. The van der Waals surface area contributed by atoms with Gasteiger partial charge in [-0.3, -0.25) is 0 Å². The molecule has 0 atom stereocenters. The lowest BCUT2D eigenvalue weighted by Crippen LogP contribution is -2.39. The van der Waals surface area contributed by atoms with Crippen LogP contribution in [0.15, 0.2) is 18.2 Å². The van der Waals surface area contributed by atoms with Gasteiger partial charge in [0.25, 0.3) is 0 Å². The Morgan fingerprint density at radius 3 is 2.69 bits per heavy atom. The number of nitrogens with one attached hydrogen (secondary N) is 1. The summed E-state index contributed by atoms with van der Waals surface area (Å²) in [5.74, 6) is 0.659. The zero-order valence-electron chi connectivity index (χ0n) is 7.67. The smallest absolute Gasteiger partial charge is 0.0994 e. The summed E-state index contributed by atoms with van der Waals surface area (Å²) >= 11 is 0. The molecule has 0 unspecified atom stereocenters. The molecule has 1 heterocycles. The Balaban J connectivity index is 2.30. The van der Waals surface area contributed by atoms with Crippen LogP contribution in [-0.4, -0.2) is 13.1 Å². The normalized spacial score (nSPS) is 16.3. The van der Waals surface area contributed by atoms with Crippen LogP contribution in [0.5, 0.6) is 0 Å². The molecule has 0 aromatic heterocycles. The Hall–Kier alpha value is -1.33.